The van der Waals surface area contributed by atoms with Gasteiger partial charge in [-0.05, 0) is 25.2 Å². The molecule has 0 bridgehead atoms. The molecule has 0 aromatic carbocycles. The van der Waals surface area contributed by atoms with Gasteiger partial charge in [0, 0.05) is 12.7 Å². The number of piperidine rings is 1. The zero-order valence-corrected chi connectivity index (χ0v) is 12.0. The molecule has 108 valence electrons. The maximum Gasteiger partial charge on any atom is 0.326 e. The topological polar surface area (TPSA) is 83.4 Å². The van der Waals surface area contributed by atoms with Gasteiger partial charge in [0.25, 0.3) is 5.91 Å². The van der Waals surface area contributed by atoms with Crippen molar-refractivity contribution in [2.45, 2.75) is 39.7 Å². The van der Waals surface area contributed by atoms with Crippen LogP contribution in [0.2, 0.25) is 0 Å². The van der Waals surface area contributed by atoms with Crippen molar-refractivity contribution < 1.29 is 14.7 Å². The van der Waals surface area contributed by atoms with E-state index in [-0.39, 0.29) is 11.6 Å². The normalized spacial score (nSPS) is 21.6. The van der Waals surface area contributed by atoms with Crippen molar-refractivity contribution in [2.24, 2.45) is 5.41 Å². The van der Waals surface area contributed by atoms with Crippen LogP contribution in [0.4, 0.5) is 0 Å². The number of nitrogens with zero attached hydrogens (tertiary/aromatic N) is 3. The Kier molecular flexibility index (Phi) is 3.74. The van der Waals surface area contributed by atoms with E-state index in [0.717, 1.165) is 18.5 Å². The van der Waals surface area contributed by atoms with Crippen LogP contribution in [0.5, 0.6) is 0 Å². The van der Waals surface area contributed by atoms with Crippen LogP contribution >= 0.6 is 0 Å². The number of rotatable bonds is 2. The van der Waals surface area contributed by atoms with E-state index < -0.39 is 17.4 Å². The maximum atomic E-state index is 12.5. The highest BCUT2D eigenvalue weighted by atomic mass is 16.4. The Morgan fingerprint density at radius 1 is 1.35 bits per heavy atom. The van der Waals surface area contributed by atoms with Crippen LogP contribution in [0.25, 0.3) is 0 Å². The maximum absolute atomic E-state index is 12.5. The second kappa shape index (κ2) is 5.19. The Balaban J connectivity index is 2.31. The molecule has 2 heterocycles. The van der Waals surface area contributed by atoms with Gasteiger partial charge in [0.05, 0.1) is 11.9 Å². The third kappa shape index (κ3) is 2.64. The number of carboxylic acids is 1. The fourth-order valence-electron chi connectivity index (χ4n) is 2.73. The fraction of sp³-hybridized carbons (Fsp3) is 0.571. The van der Waals surface area contributed by atoms with Gasteiger partial charge in [-0.3, -0.25) is 9.78 Å². The highest BCUT2D eigenvalue weighted by Crippen LogP contribution is 2.35. The molecule has 1 atom stereocenters. The molecular weight excluding hydrogens is 258 g/mol. The number of hydrogen-bond donors (Lipinski definition) is 1. The second-order valence-electron chi connectivity index (χ2n) is 5.87. The monoisotopic (exact) mass is 277 g/mol. The van der Waals surface area contributed by atoms with Gasteiger partial charge in [0.2, 0.25) is 0 Å². The lowest BCUT2D eigenvalue weighted by Crippen LogP contribution is -2.56. The van der Waals surface area contributed by atoms with Gasteiger partial charge >= 0.3 is 5.97 Å². The Bertz CT molecular complexity index is 525. The Labute approximate surface area is 117 Å². The van der Waals surface area contributed by atoms with E-state index in [1.807, 2.05) is 13.8 Å². The van der Waals surface area contributed by atoms with Crippen LogP contribution in [0.1, 0.15) is 42.9 Å². The molecule has 6 nitrogen and oxygen atoms in total. The molecule has 1 aliphatic heterocycles. The summed E-state index contributed by atoms with van der Waals surface area (Å²) >= 11 is 0. The first-order valence-corrected chi connectivity index (χ1v) is 6.65. The lowest BCUT2D eigenvalue weighted by Gasteiger charge is -2.43. The van der Waals surface area contributed by atoms with Gasteiger partial charge in [-0.25, -0.2) is 9.78 Å². The Morgan fingerprint density at radius 3 is 2.60 bits per heavy atom. The molecule has 1 unspecified atom stereocenters. The average Bonchev–Trinajstić information content (AvgIpc) is 2.36. The predicted octanol–water partition coefficient (Wildman–Crippen LogP) is 1.50. The van der Waals surface area contributed by atoms with E-state index >= 15 is 0 Å². The zero-order valence-electron chi connectivity index (χ0n) is 12.0. The summed E-state index contributed by atoms with van der Waals surface area (Å²) in [6.07, 6.45) is 4.49. The molecule has 0 aliphatic carbocycles. The van der Waals surface area contributed by atoms with Gasteiger partial charge < -0.3 is 10.0 Å². The standard InChI is InChI=1S/C14H19N3O3/c1-9-7-16-10(8-15-9)12(18)17-6-4-5-14(2,3)11(17)13(19)20/h7-8,11H,4-6H2,1-3H3,(H,19,20). The number of aliphatic carboxylic acids is 1. The molecule has 1 saturated heterocycles. The first-order valence-electron chi connectivity index (χ1n) is 6.65. The zero-order chi connectivity index (χ0) is 14.9. The van der Waals surface area contributed by atoms with Crippen molar-refractivity contribution in [2.75, 3.05) is 6.54 Å². The number of aryl methyl sites for hydroxylation is 1. The van der Waals surface area contributed by atoms with E-state index in [1.54, 1.807) is 6.92 Å². The second-order valence-corrected chi connectivity index (χ2v) is 5.87. The summed E-state index contributed by atoms with van der Waals surface area (Å²) < 4.78 is 0. The van der Waals surface area contributed by atoms with Crippen LogP contribution in [0, 0.1) is 12.3 Å². The number of carboxylic acid groups (broad SMARTS) is 1. The number of carbonyl (C=O) groups excluding carboxylic acids is 1. The van der Waals surface area contributed by atoms with Crippen LogP contribution in [0.3, 0.4) is 0 Å². The summed E-state index contributed by atoms with van der Waals surface area (Å²) in [5, 5.41) is 9.45. The lowest BCUT2D eigenvalue weighted by atomic mass is 9.76. The van der Waals surface area contributed by atoms with Gasteiger partial charge in [0.1, 0.15) is 11.7 Å². The molecule has 0 saturated carbocycles. The largest absolute Gasteiger partial charge is 0.480 e. The minimum atomic E-state index is -0.969. The SMILES string of the molecule is Cc1cnc(C(=O)N2CCCC(C)(C)C2C(=O)O)cn1. The lowest BCUT2D eigenvalue weighted by molar-refractivity contribution is -0.148. The van der Waals surface area contributed by atoms with Crippen molar-refractivity contribution in [3.63, 3.8) is 0 Å². The summed E-state index contributed by atoms with van der Waals surface area (Å²) in [4.78, 5) is 33.5. The van der Waals surface area contributed by atoms with Gasteiger partial charge in [-0.15, -0.1) is 0 Å². The molecule has 0 spiro atoms. The molecule has 0 radical (unpaired) electrons. The van der Waals surface area contributed by atoms with Crippen LogP contribution in [-0.4, -0.2) is 44.4 Å². The van der Waals surface area contributed by atoms with E-state index in [0.29, 0.717) is 6.54 Å². The molecule has 1 N–H and O–H groups in total. The summed E-state index contributed by atoms with van der Waals surface area (Å²) in [7, 11) is 0. The smallest absolute Gasteiger partial charge is 0.326 e. The quantitative estimate of drug-likeness (QED) is 0.885. The Hall–Kier alpha value is -1.98. The van der Waals surface area contributed by atoms with Crippen LogP contribution in [-0.2, 0) is 4.79 Å². The fourth-order valence-corrected chi connectivity index (χ4v) is 2.73. The summed E-state index contributed by atoms with van der Waals surface area (Å²) in [6, 6.07) is -0.827. The number of hydrogen-bond acceptors (Lipinski definition) is 4. The minimum absolute atomic E-state index is 0.194. The first-order chi connectivity index (χ1) is 9.33. The highest BCUT2D eigenvalue weighted by molar-refractivity contribution is 5.95. The molecule has 6 heteroatoms. The van der Waals surface area contributed by atoms with E-state index in [4.69, 9.17) is 0 Å². The van der Waals surface area contributed by atoms with Crippen molar-refractivity contribution in [1.29, 1.82) is 0 Å². The summed E-state index contributed by atoms with van der Waals surface area (Å²) in [5.41, 5.74) is 0.465. The summed E-state index contributed by atoms with van der Waals surface area (Å²) in [6.45, 7) is 5.98. The van der Waals surface area contributed by atoms with Crippen molar-refractivity contribution >= 4 is 11.9 Å². The van der Waals surface area contributed by atoms with Crippen molar-refractivity contribution in [3.05, 3.63) is 23.8 Å². The molecule has 1 aromatic heterocycles. The van der Waals surface area contributed by atoms with Crippen molar-refractivity contribution in [1.82, 2.24) is 14.9 Å². The molecule has 2 rings (SSSR count). The number of likely N-dealkylation sites (tertiary alicyclic amines) is 1. The summed E-state index contributed by atoms with van der Waals surface area (Å²) in [5.74, 6) is -1.33. The molecule has 1 amide bonds. The van der Waals surface area contributed by atoms with Crippen LogP contribution < -0.4 is 0 Å². The van der Waals surface area contributed by atoms with Crippen molar-refractivity contribution in [3.8, 4) is 0 Å². The van der Waals surface area contributed by atoms with Crippen LogP contribution in [0.15, 0.2) is 12.4 Å². The first kappa shape index (κ1) is 14.4. The number of aromatic nitrogens is 2. The molecular formula is C14H19N3O3. The predicted molar refractivity (Wildman–Crippen MR) is 72.2 cm³/mol. The van der Waals surface area contributed by atoms with Gasteiger partial charge in [-0.2, -0.15) is 0 Å². The van der Waals surface area contributed by atoms with Gasteiger partial charge in [0.15, 0.2) is 0 Å². The van der Waals surface area contributed by atoms with E-state index in [1.165, 1.54) is 17.3 Å². The average molecular weight is 277 g/mol. The molecule has 1 aromatic rings. The number of carbonyl (C=O) groups is 2. The molecule has 1 aliphatic rings. The number of amides is 1. The third-order valence-electron chi connectivity index (χ3n) is 3.77. The molecule has 1 fully saturated rings. The van der Waals surface area contributed by atoms with E-state index in [2.05, 4.69) is 9.97 Å². The molecule has 20 heavy (non-hydrogen) atoms. The minimum Gasteiger partial charge on any atom is -0.480 e. The van der Waals surface area contributed by atoms with Gasteiger partial charge in [-0.1, -0.05) is 13.8 Å². The third-order valence-corrected chi connectivity index (χ3v) is 3.77. The highest BCUT2D eigenvalue weighted by Gasteiger charge is 2.44. The van der Waals surface area contributed by atoms with E-state index in [9.17, 15) is 14.7 Å². The Morgan fingerprint density at radius 2 is 2.05 bits per heavy atom.